The monoisotopic (exact) mass is 495 g/mol. The Morgan fingerprint density at radius 2 is 1.83 bits per heavy atom. The molecular formula is C26H34ClN7O. The third-order valence-corrected chi connectivity index (χ3v) is 7.71. The van der Waals surface area contributed by atoms with Gasteiger partial charge >= 0.3 is 0 Å². The molecule has 0 unspecified atom stereocenters. The zero-order valence-corrected chi connectivity index (χ0v) is 21.1. The third kappa shape index (κ3) is 5.43. The van der Waals surface area contributed by atoms with Crippen LogP contribution in [0.5, 0.6) is 0 Å². The average Bonchev–Trinajstić information content (AvgIpc) is 3.33. The maximum Gasteiger partial charge on any atom is 0.223 e. The summed E-state index contributed by atoms with van der Waals surface area (Å²) in [4.78, 5) is 17.6. The van der Waals surface area contributed by atoms with Gasteiger partial charge in [0.1, 0.15) is 5.82 Å². The van der Waals surface area contributed by atoms with E-state index in [4.69, 9.17) is 16.7 Å². The molecule has 2 aromatic heterocycles. The van der Waals surface area contributed by atoms with E-state index in [2.05, 4.69) is 32.2 Å². The van der Waals surface area contributed by atoms with Gasteiger partial charge < -0.3 is 10.2 Å². The number of rotatable bonds is 7. The number of anilines is 1. The minimum Gasteiger partial charge on any atom is -0.355 e. The van der Waals surface area contributed by atoms with E-state index < -0.39 is 0 Å². The molecule has 0 radical (unpaired) electrons. The van der Waals surface area contributed by atoms with Gasteiger partial charge in [-0.15, -0.1) is 15.3 Å². The molecule has 2 saturated heterocycles. The first-order valence-electron chi connectivity index (χ1n) is 12.9. The SMILES string of the molecule is CC[C@H]1CCCCN1CCNC(=O)C1CCN(c2ccc3nnc(-c4ccc(Cl)cc4)n3n2)CC1. The van der Waals surface area contributed by atoms with Gasteiger partial charge in [-0.05, 0) is 75.0 Å². The largest absolute Gasteiger partial charge is 0.355 e. The van der Waals surface area contributed by atoms with Crippen LogP contribution in [0.3, 0.4) is 0 Å². The number of nitrogens with zero attached hydrogens (tertiary/aromatic N) is 6. The standard InChI is InChI=1S/C26H34ClN7O/c1-2-22-5-3-4-15-32(22)18-14-28-26(35)20-12-16-33(17-13-20)24-11-10-23-29-30-25(34(23)31-24)19-6-8-21(27)9-7-19/h6-11,20,22H,2-5,12-18H2,1H3,(H,28,35)/t22-/m0/s1. The molecule has 2 fully saturated rings. The van der Waals surface area contributed by atoms with Crippen molar-refractivity contribution in [2.75, 3.05) is 37.6 Å². The summed E-state index contributed by atoms with van der Waals surface area (Å²) in [5.41, 5.74) is 1.61. The molecule has 1 N–H and O–H groups in total. The highest BCUT2D eigenvalue weighted by Crippen LogP contribution is 2.25. The van der Waals surface area contributed by atoms with Crippen LogP contribution in [0.2, 0.25) is 5.02 Å². The van der Waals surface area contributed by atoms with E-state index in [0.29, 0.717) is 22.5 Å². The third-order valence-electron chi connectivity index (χ3n) is 7.46. The van der Waals surface area contributed by atoms with Crippen LogP contribution in [0, 0.1) is 5.92 Å². The number of fused-ring (bicyclic) bond motifs is 1. The second-order valence-corrected chi connectivity index (χ2v) is 10.1. The Balaban J connectivity index is 1.16. The first kappa shape index (κ1) is 24.0. The number of piperidine rings is 2. The molecule has 4 heterocycles. The van der Waals surface area contributed by atoms with Gasteiger partial charge in [0.05, 0.1) is 0 Å². The van der Waals surface area contributed by atoms with Crippen molar-refractivity contribution in [3.8, 4) is 11.4 Å². The zero-order valence-electron chi connectivity index (χ0n) is 20.4. The summed E-state index contributed by atoms with van der Waals surface area (Å²) < 4.78 is 1.78. The highest BCUT2D eigenvalue weighted by atomic mass is 35.5. The van der Waals surface area contributed by atoms with E-state index in [1.165, 1.54) is 25.7 Å². The molecule has 5 rings (SSSR count). The Hall–Kier alpha value is -2.71. The summed E-state index contributed by atoms with van der Waals surface area (Å²) in [7, 11) is 0. The highest BCUT2D eigenvalue weighted by Gasteiger charge is 2.26. The molecule has 8 nitrogen and oxygen atoms in total. The number of halogens is 1. The molecule has 0 spiro atoms. The van der Waals surface area contributed by atoms with E-state index in [-0.39, 0.29) is 11.8 Å². The molecule has 0 saturated carbocycles. The summed E-state index contributed by atoms with van der Waals surface area (Å²) in [5.74, 6) is 1.83. The normalized spacial score (nSPS) is 19.8. The number of hydrogen-bond acceptors (Lipinski definition) is 6. The Morgan fingerprint density at radius 3 is 2.60 bits per heavy atom. The lowest BCUT2D eigenvalue weighted by atomic mass is 9.96. The van der Waals surface area contributed by atoms with Crippen LogP contribution < -0.4 is 10.2 Å². The minimum absolute atomic E-state index is 0.0675. The van der Waals surface area contributed by atoms with Crippen molar-refractivity contribution in [1.29, 1.82) is 0 Å². The molecular weight excluding hydrogens is 462 g/mol. The van der Waals surface area contributed by atoms with Crippen LogP contribution in [0.25, 0.3) is 17.0 Å². The molecule has 1 amide bonds. The fourth-order valence-corrected chi connectivity index (χ4v) is 5.51. The number of carbonyl (C=O) groups excluding carboxylic acids is 1. The second kappa shape index (κ2) is 10.9. The van der Waals surface area contributed by atoms with Crippen LogP contribution in [0.1, 0.15) is 45.4 Å². The van der Waals surface area contributed by atoms with Crippen molar-refractivity contribution in [1.82, 2.24) is 30.0 Å². The van der Waals surface area contributed by atoms with Crippen molar-refractivity contribution in [3.63, 3.8) is 0 Å². The van der Waals surface area contributed by atoms with Crippen molar-refractivity contribution >= 4 is 29.0 Å². The lowest BCUT2D eigenvalue weighted by Crippen LogP contribution is -2.45. The van der Waals surface area contributed by atoms with E-state index >= 15 is 0 Å². The molecule has 0 bridgehead atoms. The number of nitrogens with one attached hydrogen (secondary N) is 1. The number of aromatic nitrogens is 4. The summed E-state index contributed by atoms with van der Waals surface area (Å²) in [6.07, 6.45) is 6.76. The van der Waals surface area contributed by atoms with Crippen LogP contribution in [0.15, 0.2) is 36.4 Å². The van der Waals surface area contributed by atoms with Crippen molar-refractivity contribution in [3.05, 3.63) is 41.4 Å². The fraction of sp³-hybridized carbons (Fsp3) is 0.538. The van der Waals surface area contributed by atoms with Gasteiger partial charge in [-0.25, -0.2) is 0 Å². The van der Waals surface area contributed by atoms with Crippen LogP contribution in [-0.4, -0.2) is 69.4 Å². The number of amides is 1. The van der Waals surface area contributed by atoms with Gasteiger partial charge in [-0.2, -0.15) is 4.52 Å². The Kier molecular flexibility index (Phi) is 7.48. The first-order chi connectivity index (χ1) is 17.1. The number of benzene rings is 1. The number of carbonyl (C=O) groups is 1. The van der Waals surface area contributed by atoms with Gasteiger partial charge in [0.2, 0.25) is 5.91 Å². The quantitative estimate of drug-likeness (QED) is 0.533. The summed E-state index contributed by atoms with van der Waals surface area (Å²) in [6.45, 7) is 6.74. The minimum atomic E-state index is 0.0675. The fourth-order valence-electron chi connectivity index (χ4n) is 5.38. The van der Waals surface area contributed by atoms with Crippen molar-refractivity contribution in [2.24, 2.45) is 5.92 Å². The molecule has 2 aliphatic rings. The molecule has 9 heteroatoms. The molecule has 1 aromatic carbocycles. The highest BCUT2D eigenvalue weighted by molar-refractivity contribution is 6.30. The first-order valence-corrected chi connectivity index (χ1v) is 13.3. The molecule has 0 aliphatic carbocycles. The van der Waals surface area contributed by atoms with Crippen molar-refractivity contribution < 1.29 is 4.79 Å². The maximum absolute atomic E-state index is 12.8. The van der Waals surface area contributed by atoms with Gasteiger partial charge in [0.15, 0.2) is 11.5 Å². The Labute approximate surface area is 211 Å². The van der Waals surface area contributed by atoms with Crippen molar-refractivity contribution in [2.45, 2.75) is 51.5 Å². The smallest absolute Gasteiger partial charge is 0.223 e. The van der Waals surface area contributed by atoms with Gasteiger partial charge in [0, 0.05) is 48.7 Å². The summed E-state index contributed by atoms with van der Waals surface area (Å²) in [5, 5.41) is 17.3. The Bertz CT molecular complexity index is 1140. The number of hydrogen-bond donors (Lipinski definition) is 1. The second-order valence-electron chi connectivity index (χ2n) is 9.64. The van der Waals surface area contributed by atoms with E-state index in [1.54, 1.807) is 4.52 Å². The molecule has 35 heavy (non-hydrogen) atoms. The maximum atomic E-state index is 12.8. The van der Waals surface area contributed by atoms with Gasteiger partial charge in [-0.1, -0.05) is 24.9 Å². The molecule has 186 valence electrons. The zero-order chi connectivity index (χ0) is 24.2. The summed E-state index contributed by atoms with van der Waals surface area (Å²) >= 11 is 6.03. The molecule has 1 atom stereocenters. The van der Waals surface area contributed by atoms with Crippen LogP contribution in [0.4, 0.5) is 5.82 Å². The molecule has 2 aliphatic heterocycles. The van der Waals surface area contributed by atoms with Gasteiger partial charge in [0.25, 0.3) is 0 Å². The lowest BCUT2D eigenvalue weighted by molar-refractivity contribution is -0.125. The van der Waals surface area contributed by atoms with Gasteiger partial charge in [-0.3, -0.25) is 9.69 Å². The predicted octanol–water partition coefficient (Wildman–Crippen LogP) is 4.04. The van der Waals surface area contributed by atoms with E-state index in [1.807, 2.05) is 36.4 Å². The Morgan fingerprint density at radius 1 is 1.03 bits per heavy atom. The summed E-state index contributed by atoms with van der Waals surface area (Å²) in [6, 6.07) is 12.1. The van der Waals surface area contributed by atoms with E-state index in [0.717, 1.165) is 56.9 Å². The van der Waals surface area contributed by atoms with Crippen LogP contribution in [-0.2, 0) is 4.79 Å². The lowest BCUT2D eigenvalue weighted by Gasteiger charge is -2.35. The van der Waals surface area contributed by atoms with E-state index in [9.17, 15) is 4.79 Å². The average molecular weight is 496 g/mol. The topological polar surface area (TPSA) is 78.7 Å². The predicted molar refractivity (Wildman–Crippen MR) is 139 cm³/mol. The van der Waals surface area contributed by atoms with Crippen LogP contribution >= 0.6 is 11.6 Å². The number of likely N-dealkylation sites (tertiary alicyclic amines) is 1. The molecule has 3 aromatic rings.